The minimum Gasteiger partial charge on any atom is -0.481 e. The Balaban J connectivity index is 4.14. The van der Waals surface area contributed by atoms with Crippen molar-refractivity contribution in [3.05, 3.63) is 0 Å². The molecule has 0 saturated heterocycles. The molecule has 0 fully saturated rings. The van der Waals surface area contributed by atoms with Crippen LogP contribution in [0.15, 0.2) is 0 Å². The van der Waals surface area contributed by atoms with E-state index in [-0.39, 0.29) is 29.7 Å². The van der Waals surface area contributed by atoms with Crippen LogP contribution in [0.4, 0.5) is 0 Å². The Bertz CT molecular complexity index is 298. The molecule has 0 bridgehead atoms. The van der Waals surface area contributed by atoms with Gasteiger partial charge in [0.2, 0.25) is 5.91 Å². The number of aliphatic carboxylic acids is 1. The lowest BCUT2D eigenvalue weighted by atomic mass is 9.84. The number of hydrogen-bond acceptors (Lipinski definition) is 3. The first-order chi connectivity index (χ1) is 8.65. The van der Waals surface area contributed by atoms with Crippen molar-refractivity contribution in [2.75, 3.05) is 6.54 Å². The van der Waals surface area contributed by atoms with E-state index >= 15 is 0 Å². The monoisotopic (exact) mass is 272 g/mol. The van der Waals surface area contributed by atoms with Gasteiger partial charge in [-0.2, -0.15) is 0 Å². The number of carboxylic acids is 1. The van der Waals surface area contributed by atoms with Crippen molar-refractivity contribution < 1.29 is 14.7 Å². The minimum atomic E-state index is -0.800. The number of hydrogen-bond donors (Lipinski definition) is 3. The van der Waals surface area contributed by atoms with Crippen molar-refractivity contribution in [3.8, 4) is 0 Å². The van der Waals surface area contributed by atoms with Crippen LogP contribution in [0.25, 0.3) is 0 Å². The molecule has 0 rings (SSSR count). The summed E-state index contributed by atoms with van der Waals surface area (Å²) in [5.41, 5.74) is 5.72. The third kappa shape index (κ3) is 9.47. The minimum absolute atomic E-state index is 0.0131. The maximum absolute atomic E-state index is 12.1. The number of nitrogens with one attached hydrogen (secondary N) is 1. The van der Waals surface area contributed by atoms with Crippen LogP contribution in [-0.4, -0.2) is 29.6 Å². The highest BCUT2D eigenvalue weighted by Gasteiger charge is 2.24. The summed E-state index contributed by atoms with van der Waals surface area (Å²) in [6.45, 7) is 8.48. The van der Waals surface area contributed by atoms with Gasteiger partial charge >= 0.3 is 5.97 Å². The van der Waals surface area contributed by atoms with Crippen molar-refractivity contribution >= 4 is 11.9 Å². The second-order valence-corrected chi connectivity index (χ2v) is 6.39. The van der Waals surface area contributed by atoms with Gasteiger partial charge in [-0.25, -0.2) is 0 Å². The van der Waals surface area contributed by atoms with Crippen molar-refractivity contribution in [1.29, 1.82) is 0 Å². The second kappa shape index (κ2) is 8.15. The van der Waals surface area contributed by atoms with E-state index in [1.54, 1.807) is 0 Å². The summed E-state index contributed by atoms with van der Waals surface area (Å²) in [5.74, 6) is -1.01. The second-order valence-electron chi connectivity index (χ2n) is 6.39. The Kier molecular flexibility index (Phi) is 7.68. The fourth-order valence-corrected chi connectivity index (χ4v) is 2.01. The summed E-state index contributed by atoms with van der Waals surface area (Å²) in [4.78, 5) is 22.5. The zero-order valence-corrected chi connectivity index (χ0v) is 12.5. The van der Waals surface area contributed by atoms with Gasteiger partial charge in [0, 0.05) is 19.0 Å². The van der Waals surface area contributed by atoms with Gasteiger partial charge in [0.25, 0.3) is 0 Å². The molecule has 5 nitrogen and oxygen atoms in total. The first kappa shape index (κ1) is 17.9. The predicted molar refractivity (Wildman–Crippen MR) is 75.7 cm³/mol. The molecule has 0 aromatic rings. The maximum atomic E-state index is 12.1. The van der Waals surface area contributed by atoms with Gasteiger partial charge in [0.05, 0.1) is 5.92 Å². The van der Waals surface area contributed by atoms with Crippen molar-refractivity contribution in [2.45, 2.75) is 59.4 Å². The zero-order valence-electron chi connectivity index (χ0n) is 12.5. The molecule has 0 spiro atoms. The molecule has 112 valence electrons. The van der Waals surface area contributed by atoms with Gasteiger partial charge in [-0.1, -0.05) is 20.8 Å². The molecule has 2 unspecified atom stereocenters. The first-order valence-corrected chi connectivity index (χ1v) is 6.88. The first-order valence-electron chi connectivity index (χ1n) is 6.88. The van der Waals surface area contributed by atoms with Gasteiger partial charge in [0.1, 0.15) is 0 Å². The Morgan fingerprint density at radius 3 is 2.32 bits per heavy atom. The molecule has 0 aromatic heterocycles. The van der Waals surface area contributed by atoms with E-state index in [0.717, 1.165) is 6.42 Å². The molecular weight excluding hydrogens is 244 g/mol. The topological polar surface area (TPSA) is 92.4 Å². The molecule has 0 aliphatic rings. The highest BCUT2D eigenvalue weighted by molar-refractivity contribution is 5.79. The van der Waals surface area contributed by atoms with Gasteiger partial charge in [-0.3, -0.25) is 9.59 Å². The summed E-state index contributed by atoms with van der Waals surface area (Å²) in [5, 5.41) is 11.5. The van der Waals surface area contributed by atoms with Gasteiger partial charge in [-0.15, -0.1) is 0 Å². The number of carbonyl (C=O) groups is 2. The summed E-state index contributed by atoms with van der Waals surface area (Å²) in [6, 6.07) is -0.0131. The number of carboxylic acid groups (broad SMARTS) is 1. The molecule has 0 aliphatic heterocycles. The van der Waals surface area contributed by atoms with Crippen LogP contribution in [0.1, 0.15) is 53.4 Å². The normalized spacial score (nSPS) is 14.8. The number of rotatable bonds is 8. The maximum Gasteiger partial charge on any atom is 0.303 e. The van der Waals surface area contributed by atoms with Crippen LogP contribution in [0.3, 0.4) is 0 Å². The standard InChI is InChI=1S/C14H28N2O3/c1-10(6-5-7-12(17)18)16-13(19)11(9-15)8-14(2,3)4/h10-11H,5-9,15H2,1-4H3,(H,16,19)(H,17,18). The molecule has 1 amide bonds. The lowest BCUT2D eigenvalue weighted by molar-refractivity contribution is -0.137. The highest BCUT2D eigenvalue weighted by Crippen LogP contribution is 2.24. The fourth-order valence-electron chi connectivity index (χ4n) is 2.01. The van der Waals surface area contributed by atoms with E-state index in [1.807, 2.05) is 6.92 Å². The highest BCUT2D eigenvalue weighted by atomic mass is 16.4. The predicted octanol–water partition coefficient (Wildman–Crippen LogP) is 1.76. The van der Waals surface area contributed by atoms with E-state index in [1.165, 1.54) is 0 Å². The van der Waals surface area contributed by atoms with Gasteiger partial charge < -0.3 is 16.2 Å². The summed E-state index contributed by atoms with van der Waals surface area (Å²) >= 11 is 0. The third-order valence-electron chi connectivity index (χ3n) is 2.93. The molecule has 0 heterocycles. The van der Waals surface area contributed by atoms with Crippen LogP contribution >= 0.6 is 0 Å². The van der Waals surface area contributed by atoms with Crippen LogP contribution in [0, 0.1) is 11.3 Å². The van der Waals surface area contributed by atoms with E-state index in [2.05, 4.69) is 26.1 Å². The average Bonchev–Trinajstić information content (AvgIpc) is 2.23. The lowest BCUT2D eigenvalue weighted by Crippen LogP contribution is -2.41. The third-order valence-corrected chi connectivity index (χ3v) is 2.93. The molecule has 2 atom stereocenters. The number of amides is 1. The smallest absolute Gasteiger partial charge is 0.303 e. The van der Waals surface area contributed by atoms with E-state index in [4.69, 9.17) is 10.8 Å². The molecule has 4 N–H and O–H groups in total. The largest absolute Gasteiger partial charge is 0.481 e. The molecule has 0 radical (unpaired) electrons. The Morgan fingerprint density at radius 2 is 1.89 bits per heavy atom. The lowest BCUT2D eigenvalue weighted by Gasteiger charge is -2.25. The van der Waals surface area contributed by atoms with E-state index < -0.39 is 5.97 Å². The molecule has 19 heavy (non-hydrogen) atoms. The van der Waals surface area contributed by atoms with E-state index in [0.29, 0.717) is 19.4 Å². The van der Waals surface area contributed by atoms with Crippen LogP contribution < -0.4 is 11.1 Å². The Labute approximate surface area is 115 Å². The Hall–Kier alpha value is -1.10. The number of carbonyl (C=O) groups excluding carboxylic acids is 1. The summed E-state index contributed by atoms with van der Waals surface area (Å²) in [6.07, 6.45) is 2.13. The van der Waals surface area contributed by atoms with Crippen molar-refractivity contribution in [3.63, 3.8) is 0 Å². The molecule has 0 saturated carbocycles. The quantitative estimate of drug-likeness (QED) is 0.627. The molecular formula is C14H28N2O3. The number of nitrogens with two attached hydrogens (primary N) is 1. The van der Waals surface area contributed by atoms with Gasteiger partial charge in [-0.05, 0) is 31.6 Å². The fraction of sp³-hybridized carbons (Fsp3) is 0.857. The molecule has 5 heteroatoms. The SMILES string of the molecule is CC(CCCC(=O)O)NC(=O)C(CN)CC(C)(C)C. The Morgan fingerprint density at radius 1 is 1.32 bits per heavy atom. The van der Waals surface area contributed by atoms with Crippen molar-refractivity contribution in [2.24, 2.45) is 17.1 Å². The van der Waals surface area contributed by atoms with Crippen LogP contribution in [0.2, 0.25) is 0 Å². The summed E-state index contributed by atoms with van der Waals surface area (Å²) in [7, 11) is 0. The molecule has 0 aliphatic carbocycles. The van der Waals surface area contributed by atoms with E-state index in [9.17, 15) is 9.59 Å². The van der Waals surface area contributed by atoms with Gasteiger partial charge in [0.15, 0.2) is 0 Å². The van der Waals surface area contributed by atoms with Crippen LogP contribution in [0.5, 0.6) is 0 Å². The molecule has 0 aromatic carbocycles. The zero-order chi connectivity index (χ0) is 15.1. The van der Waals surface area contributed by atoms with Crippen molar-refractivity contribution in [1.82, 2.24) is 5.32 Å². The summed E-state index contributed by atoms with van der Waals surface area (Å²) < 4.78 is 0. The van der Waals surface area contributed by atoms with Crippen LogP contribution in [-0.2, 0) is 9.59 Å². The average molecular weight is 272 g/mol.